The monoisotopic (exact) mass is 202 g/mol. The van der Waals surface area contributed by atoms with Crippen molar-refractivity contribution in [1.29, 1.82) is 5.26 Å². The molecule has 0 fully saturated rings. The van der Waals surface area contributed by atoms with Crippen molar-refractivity contribution < 1.29 is 24.2 Å². The molecule has 0 rings (SSSR count). The van der Waals surface area contributed by atoms with E-state index in [1.807, 2.05) is 5.32 Å². The number of carbonyl (C=O) groups excluding carboxylic acids is 2. The third-order valence-electron chi connectivity index (χ3n) is 1.18. The minimum Gasteiger partial charge on any atom is -0.450 e. The van der Waals surface area contributed by atoms with Crippen molar-refractivity contribution in [2.75, 3.05) is 13.2 Å². The number of rotatable bonds is 4. The maximum atomic E-state index is 10.8. The molecule has 7 heteroatoms. The molecule has 0 aliphatic carbocycles. The van der Waals surface area contributed by atoms with E-state index in [1.165, 1.54) is 0 Å². The summed E-state index contributed by atoms with van der Waals surface area (Å²) in [5.41, 5.74) is 0. The van der Waals surface area contributed by atoms with E-state index in [4.69, 9.17) is 10.4 Å². The summed E-state index contributed by atoms with van der Waals surface area (Å²) in [6.07, 6.45) is 0.275. The molecule has 0 heterocycles. The van der Waals surface area contributed by atoms with Gasteiger partial charge in [0.15, 0.2) is 6.04 Å². The van der Waals surface area contributed by atoms with Crippen molar-refractivity contribution in [3.63, 3.8) is 0 Å². The number of ether oxygens (including phenoxy) is 2. The Morgan fingerprint density at radius 1 is 1.64 bits per heavy atom. The molecule has 0 saturated carbocycles. The molecule has 78 valence electrons. The second-order valence-electron chi connectivity index (χ2n) is 2.11. The number of alkyl carbamates (subject to hydrolysis) is 1. The maximum absolute atomic E-state index is 10.8. The van der Waals surface area contributed by atoms with Crippen LogP contribution < -0.4 is 5.32 Å². The van der Waals surface area contributed by atoms with Gasteiger partial charge in [0.1, 0.15) is 0 Å². The lowest BCUT2D eigenvalue weighted by atomic mass is 10.3. The van der Waals surface area contributed by atoms with E-state index in [2.05, 4.69) is 9.47 Å². The number of aliphatic hydroxyl groups is 1. The summed E-state index contributed by atoms with van der Waals surface area (Å²) >= 11 is 0. The molecule has 0 aliphatic rings. The van der Waals surface area contributed by atoms with Crippen LogP contribution in [0, 0.1) is 11.5 Å². The molecule has 0 spiro atoms. The highest BCUT2D eigenvalue weighted by atomic mass is 16.6. The van der Waals surface area contributed by atoms with Crippen LogP contribution in [0.25, 0.3) is 0 Å². The van der Waals surface area contributed by atoms with Crippen LogP contribution in [0.3, 0.4) is 0 Å². The molecule has 14 heavy (non-hydrogen) atoms. The van der Waals surface area contributed by atoms with E-state index >= 15 is 0 Å². The maximum Gasteiger partial charge on any atom is 0.407 e. The molecule has 1 atom stereocenters. The van der Waals surface area contributed by atoms with E-state index in [1.54, 1.807) is 6.92 Å². The second-order valence-corrected chi connectivity index (χ2v) is 2.11. The normalized spacial score (nSPS) is 10.9. The third kappa shape index (κ3) is 4.27. The van der Waals surface area contributed by atoms with Gasteiger partial charge in [-0.15, -0.1) is 5.26 Å². The van der Waals surface area contributed by atoms with Gasteiger partial charge >= 0.3 is 12.1 Å². The van der Waals surface area contributed by atoms with Crippen LogP contribution in [0.4, 0.5) is 4.79 Å². The van der Waals surface area contributed by atoms with Crippen molar-refractivity contribution in [2.45, 2.75) is 13.0 Å². The Morgan fingerprint density at radius 3 is 2.71 bits per heavy atom. The molecule has 0 bridgehead atoms. The molecule has 2 N–H and O–H groups in total. The molecule has 0 aromatic carbocycles. The number of amides is 1. The van der Waals surface area contributed by atoms with E-state index in [-0.39, 0.29) is 6.61 Å². The zero-order chi connectivity index (χ0) is 11.0. The largest absolute Gasteiger partial charge is 0.450 e. The highest BCUT2D eigenvalue weighted by molar-refractivity contribution is 5.81. The van der Waals surface area contributed by atoms with E-state index in [0.717, 1.165) is 6.26 Å². The number of nitrogens with one attached hydrogen (secondary N) is 1. The van der Waals surface area contributed by atoms with Gasteiger partial charge in [-0.05, 0) is 6.92 Å². The molecule has 0 aromatic heterocycles. The molecule has 0 radical (unpaired) electrons. The fraction of sp³-hybridized carbons (Fsp3) is 0.571. The molecule has 0 saturated heterocycles. The van der Waals surface area contributed by atoms with Crippen LogP contribution in [0.15, 0.2) is 0 Å². The van der Waals surface area contributed by atoms with Crippen LogP contribution in [0.1, 0.15) is 6.92 Å². The standard InChI is InChI=1S/C7H10N2O5/c1-2-13-7(12)9-5(3-10)6(11)14-4-8/h5,10H,2-3H2,1H3,(H,9,12). The Hall–Kier alpha value is -1.81. The molecular formula is C7H10N2O5. The Balaban J connectivity index is 4.09. The number of nitriles is 1. The first-order chi connectivity index (χ1) is 6.65. The van der Waals surface area contributed by atoms with Gasteiger partial charge in [-0.1, -0.05) is 0 Å². The van der Waals surface area contributed by atoms with Crippen LogP contribution in [0.5, 0.6) is 0 Å². The molecule has 1 unspecified atom stereocenters. The van der Waals surface area contributed by atoms with Gasteiger partial charge in [-0.25, -0.2) is 9.59 Å². The summed E-state index contributed by atoms with van der Waals surface area (Å²) in [5, 5.41) is 18.7. The van der Waals surface area contributed by atoms with Crippen molar-refractivity contribution in [1.82, 2.24) is 5.32 Å². The quantitative estimate of drug-likeness (QED) is 0.452. The smallest absolute Gasteiger partial charge is 0.407 e. The highest BCUT2D eigenvalue weighted by Crippen LogP contribution is 1.89. The van der Waals surface area contributed by atoms with Gasteiger partial charge in [0.05, 0.1) is 13.2 Å². The van der Waals surface area contributed by atoms with Crippen LogP contribution in [0.2, 0.25) is 0 Å². The zero-order valence-electron chi connectivity index (χ0n) is 7.52. The minimum absolute atomic E-state index is 0.136. The second kappa shape index (κ2) is 6.68. The van der Waals surface area contributed by atoms with Gasteiger partial charge in [-0.2, -0.15) is 0 Å². The minimum atomic E-state index is -1.28. The Labute approximate surface area is 80.2 Å². The number of hydrogen-bond acceptors (Lipinski definition) is 6. The van der Waals surface area contributed by atoms with Gasteiger partial charge in [0, 0.05) is 0 Å². The first-order valence-corrected chi connectivity index (χ1v) is 3.79. The van der Waals surface area contributed by atoms with Gasteiger partial charge < -0.3 is 19.9 Å². The predicted octanol–water partition coefficient (Wildman–Crippen LogP) is -0.882. The van der Waals surface area contributed by atoms with Crippen molar-refractivity contribution in [2.24, 2.45) is 0 Å². The Morgan fingerprint density at radius 2 is 2.29 bits per heavy atom. The van der Waals surface area contributed by atoms with Crippen LogP contribution in [-0.4, -0.2) is 36.4 Å². The first-order valence-electron chi connectivity index (χ1n) is 3.79. The molecule has 0 aromatic rings. The lowest BCUT2D eigenvalue weighted by molar-refractivity contribution is -0.140. The number of nitrogens with zero attached hydrogens (tertiary/aromatic N) is 1. The Bertz CT molecular complexity index is 247. The van der Waals surface area contributed by atoms with Gasteiger partial charge in [-0.3, -0.25) is 0 Å². The SMILES string of the molecule is CCOC(=O)NC(CO)C(=O)OC#N. The van der Waals surface area contributed by atoms with Crippen molar-refractivity contribution in [3.05, 3.63) is 0 Å². The molecular weight excluding hydrogens is 192 g/mol. The van der Waals surface area contributed by atoms with Crippen molar-refractivity contribution >= 4 is 12.1 Å². The summed E-state index contributed by atoms with van der Waals surface area (Å²) in [6, 6.07) is -1.28. The topological polar surface area (TPSA) is 109 Å². The molecule has 7 nitrogen and oxygen atoms in total. The Kier molecular flexibility index (Phi) is 5.82. The summed E-state index contributed by atoms with van der Waals surface area (Å²) in [4.78, 5) is 21.6. The number of hydrogen-bond donors (Lipinski definition) is 2. The summed E-state index contributed by atoms with van der Waals surface area (Å²) < 4.78 is 8.36. The molecule has 0 aliphatic heterocycles. The summed E-state index contributed by atoms with van der Waals surface area (Å²) in [5.74, 6) is -1.04. The zero-order valence-corrected chi connectivity index (χ0v) is 7.52. The fourth-order valence-electron chi connectivity index (χ4n) is 0.610. The molecule has 1 amide bonds. The van der Waals surface area contributed by atoms with E-state index in [9.17, 15) is 9.59 Å². The van der Waals surface area contributed by atoms with E-state index < -0.39 is 24.7 Å². The number of esters is 1. The highest BCUT2D eigenvalue weighted by Gasteiger charge is 2.21. The van der Waals surface area contributed by atoms with Gasteiger partial charge in [0.25, 0.3) is 6.26 Å². The summed E-state index contributed by atoms with van der Waals surface area (Å²) in [6.45, 7) is 1.05. The average Bonchev–Trinajstić information content (AvgIpc) is 2.15. The van der Waals surface area contributed by atoms with Gasteiger partial charge in [0.2, 0.25) is 0 Å². The van der Waals surface area contributed by atoms with Crippen LogP contribution >= 0.6 is 0 Å². The predicted molar refractivity (Wildman–Crippen MR) is 42.7 cm³/mol. The third-order valence-corrected chi connectivity index (χ3v) is 1.18. The lowest BCUT2D eigenvalue weighted by Crippen LogP contribution is -2.44. The fourth-order valence-corrected chi connectivity index (χ4v) is 0.610. The first kappa shape index (κ1) is 12.2. The van der Waals surface area contributed by atoms with Crippen molar-refractivity contribution in [3.8, 4) is 6.26 Å². The number of aliphatic hydroxyl groups excluding tert-OH is 1. The number of carbonyl (C=O) groups is 2. The lowest BCUT2D eigenvalue weighted by Gasteiger charge is -2.11. The summed E-state index contributed by atoms with van der Waals surface area (Å²) in [7, 11) is 0. The average molecular weight is 202 g/mol. The van der Waals surface area contributed by atoms with E-state index in [0.29, 0.717) is 0 Å². The van der Waals surface area contributed by atoms with Crippen LogP contribution in [-0.2, 0) is 14.3 Å².